The average Bonchev–Trinajstić information content (AvgIpc) is 2.68. The minimum absolute atomic E-state index is 0.0489. The lowest BCUT2D eigenvalue weighted by atomic mass is 9.86. The molecule has 3 nitrogen and oxygen atoms in total. The molecule has 0 aliphatic rings. The van der Waals surface area contributed by atoms with E-state index >= 15 is 0 Å². The molecule has 1 aromatic heterocycles. The van der Waals surface area contributed by atoms with E-state index in [-0.39, 0.29) is 5.41 Å². The summed E-state index contributed by atoms with van der Waals surface area (Å²) in [6.07, 6.45) is 3.57. The molecular formula is C13H16N2O. The summed E-state index contributed by atoms with van der Waals surface area (Å²) in [5, 5.41) is 14.1. The van der Waals surface area contributed by atoms with Gasteiger partial charge in [0, 0.05) is 18.5 Å². The van der Waals surface area contributed by atoms with Gasteiger partial charge in [-0.3, -0.25) is 0 Å². The fraction of sp³-hybridized carbons (Fsp3) is 0.308. The molecule has 0 saturated carbocycles. The predicted molar refractivity (Wildman–Crippen MR) is 63.9 cm³/mol. The molecule has 2 aromatic rings. The smallest absolute Gasteiger partial charge is 0.121 e. The minimum atomic E-state index is -0.0489. The van der Waals surface area contributed by atoms with Gasteiger partial charge < -0.3 is 5.11 Å². The maximum Gasteiger partial charge on any atom is 0.121 e. The zero-order valence-electron chi connectivity index (χ0n) is 9.81. The van der Waals surface area contributed by atoms with Crippen molar-refractivity contribution in [2.24, 2.45) is 0 Å². The third-order valence-electron chi connectivity index (χ3n) is 2.56. The monoisotopic (exact) mass is 216 g/mol. The van der Waals surface area contributed by atoms with Crippen LogP contribution in [0.2, 0.25) is 0 Å². The van der Waals surface area contributed by atoms with Crippen LogP contribution in [0, 0.1) is 0 Å². The van der Waals surface area contributed by atoms with Gasteiger partial charge in [-0.05, 0) is 23.1 Å². The van der Waals surface area contributed by atoms with Crippen LogP contribution in [0.5, 0.6) is 5.75 Å². The van der Waals surface area contributed by atoms with Crippen molar-refractivity contribution in [2.75, 3.05) is 0 Å². The quantitative estimate of drug-likeness (QED) is 0.796. The molecule has 0 amide bonds. The van der Waals surface area contributed by atoms with Crippen LogP contribution in [-0.4, -0.2) is 14.9 Å². The van der Waals surface area contributed by atoms with Crippen molar-refractivity contribution in [1.82, 2.24) is 9.78 Å². The Morgan fingerprint density at radius 1 is 1.25 bits per heavy atom. The van der Waals surface area contributed by atoms with Crippen molar-refractivity contribution < 1.29 is 5.11 Å². The molecule has 0 aliphatic heterocycles. The van der Waals surface area contributed by atoms with Crippen LogP contribution in [0.1, 0.15) is 26.3 Å². The summed E-state index contributed by atoms with van der Waals surface area (Å²) >= 11 is 0. The number of rotatable bonds is 1. The molecule has 3 heteroatoms. The van der Waals surface area contributed by atoms with Crippen molar-refractivity contribution >= 4 is 0 Å². The van der Waals surface area contributed by atoms with Gasteiger partial charge in [-0.2, -0.15) is 5.10 Å². The van der Waals surface area contributed by atoms with Crippen LogP contribution in [0.4, 0.5) is 0 Å². The first-order chi connectivity index (χ1) is 7.48. The third-order valence-corrected chi connectivity index (χ3v) is 2.56. The van der Waals surface area contributed by atoms with Gasteiger partial charge in [-0.15, -0.1) is 0 Å². The molecule has 0 spiro atoms. The second-order valence-electron chi connectivity index (χ2n) is 4.90. The molecule has 0 bridgehead atoms. The van der Waals surface area contributed by atoms with Gasteiger partial charge in [0.15, 0.2) is 0 Å². The Kier molecular flexibility index (Phi) is 2.46. The molecular weight excluding hydrogens is 200 g/mol. The first-order valence-electron chi connectivity index (χ1n) is 5.32. The second kappa shape index (κ2) is 3.67. The van der Waals surface area contributed by atoms with Crippen LogP contribution >= 0.6 is 0 Å². The molecule has 1 aromatic carbocycles. The van der Waals surface area contributed by atoms with Crippen molar-refractivity contribution in [1.29, 1.82) is 0 Å². The number of nitrogens with zero attached hydrogens (tertiary/aromatic N) is 2. The van der Waals surface area contributed by atoms with E-state index in [0.717, 1.165) is 11.3 Å². The number of hydrogen-bond acceptors (Lipinski definition) is 2. The predicted octanol–water partition coefficient (Wildman–Crippen LogP) is 2.88. The summed E-state index contributed by atoms with van der Waals surface area (Å²) in [6, 6.07) is 7.52. The van der Waals surface area contributed by atoms with Crippen molar-refractivity contribution in [3.63, 3.8) is 0 Å². The zero-order chi connectivity index (χ0) is 11.8. The fourth-order valence-corrected chi connectivity index (χ4v) is 1.72. The zero-order valence-corrected chi connectivity index (χ0v) is 9.81. The van der Waals surface area contributed by atoms with E-state index in [4.69, 9.17) is 0 Å². The first kappa shape index (κ1) is 10.7. The van der Waals surface area contributed by atoms with Gasteiger partial charge in [0.05, 0.1) is 5.69 Å². The van der Waals surface area contributed by atoms with Crippen LogP contribution in [0.15, 0.2) is 36.7 Å². The molecule has 0 unspecified atom stereocenters. The maximum absolute atomic E-state index is 9.98. The van der Waals surface area contributed by atoms with Crippen LogP contribution < -0.4 is 0 Å². The molecule has 1 heterocycles. The Morgan fingerprint density at radius 2 is 2.00 bits per heavy atom. The molecule has 1 N–H and O–H groups in total. The highest BCUT2D eigenvalue weighted by Gasteiger charge is 2.18. The van der Waals surface area contributed by atoms with E-state index < -0.39 is 0 Å². The van der Waals surface area contributed by atoms with Crippen molar-refractivity contribution in [2.45, 2.75) is 26.2 Å². The van der Waals surface area contributed by atoms with Gasteiger partial charge in [0.1, 0.15) is 5.75 Å². The largest absolute Gasteiger partial charge is 0.508 e. The Hall–Kier alpha value is -1.77. The minimum Gasteiger partial charge on any atom is -0.508 e. The maximum atomic E-state index is 9.98. The molecule has 0 radical (unpaired) electrons. The fourth-order valence-electron chi connectivity index (χ4n) is 1.72. The topological polar surface area (TPSA) is 38.0 Å². The summed E-state index contributed by atoms with van der Waals surface area (Å²) in [5.41, 5.74) is 1.77. The van der Waals surface area contributed by atoms with Crippen LogP contribution in [0.3, 0.4) is 0 Å². The lowest BCUT2D eigenvalue weighted by molar-refractivity contribution is 0.446. The van der Waals surface area contributed by atoms with Gasteiger partial charge in [-0.25, -0.2) is 4.68 Å². The molecule has 2 rings (SSSR count). The SMILES string of the molecule is CC(C)(C)c1ccc(-n2cccn2)cc1O. The lowest BCUT2D eigenvalue weighted by Gasteiger charge is -2.20. The first-order valence-corrected chi connectivity index (χ1v) is 5.32. The molecule has 0 saturated heterocycles. The van der Waals surface area contributed by atoms with Gasteiger partial charge in [0.25, 0.3) is 0 Å². The normalized spacial score (nSPS) is 11.7. The molecule has 16 heavy (non-hydrogen) atoms. The van der Waals surface area contributed by atoms with Crippen LogP contribution in [0.25, 0.3) is 5.69 Å². The van der Waals surface area contributed by atoms with E-state index in [1.165, 1.54) is 0 Å². The highest BCUT2D eigenvalue weighted by atomic mass is 16.3. The Labute approximate surface area is 95.3 Å². The summed E-state index contributed by atoms with van der Waals surface area (Å²) in [5.74, 6) is 0.320. The van der Waals surface area contributed by atoms with Crippen molar-refractivity contribution in [3.05, 3.63) is 42.2 Å². The van der Waals surface area contributed by atoms with E-state index in [9.17, 15) is 5.11 Å². The van der Waals surface area contributed by atoms with Crippen LogP contribution in [-0.2, 0) is 5.41 Å². The molecule has 0 aliphatic carbocycles. The number of phenolic OH excluding ortho intramolecular Hbond substituents is 1. The molecule has 0 fully saturated rings. The summed E-state index contributed by atoms with van der Waals surface area (Å²) in [4.78, 5) is 0. The highest BCUT2D eigenvalue weighted by molar-refractivity contribution is 5.46. The van der Waals surface area contributed by atoms with E-state index in [1.54, 1.807) is 16.9 Å². The molecule has 0 atom stereocenters. The lowest BCUT2D eigenvalue weighted by Crippen LogP contribution is -2.11. The number of aromatic hydroxyl groups is 1. The average molecular weight is 216 g/mol. The number of benzene rings is 1. The van der Waals surface area contributed by atoms with Gasteiger partial charge in [-0.1, -0.05) is 26.8 Å². The van der Waals surface area contributed by atoms with E-state index in [1.807, 2.05) is 24.4 Å². The number of phenols is 1. The standard InChI is InChI=1S/C13H16N2O/c1-13(2,3)11-6-5-10(9-12(11)16)15-8-4-7-14-15/h4-9,16H,1-3H3. The summed E-state index contributed by atoms with van der Waals surface area (Å²) in [6.45, 7) is 6.24. The molecule has 84 valence electrons. The second-order valence-corrected chi connectivity index (χ2v) is 4.90. The highest BCUT2D eigenvalue weighted by Crippen LogP contribution is 2.31. The summed E-state index contributed by atoms with van der Waals surface area (Å²) in [7, 11) is 0. The van der Waals surface area contributed by atoms with Gasteiger partial charge in [0.2, 0.25) is 0 Å². The summed E-state index contributed by atoms with van der Waals surface area (Å²) < 4.78 is 1.73. The number of aromatic nitrogens is 2. The van der Waals surface area contributed by atoms with Crippen molar-refractivity contribution in [3.8, 4) is 11.4 Å². The Morgan fingerprint density at radius 3 is 2.50 bits per heavy atom. The Balaban J connectivity index is 2.45. The van der Waals surface area contributed by atoms with E-state index in [0.29, 0.717) is 5.75 Å². The van der Waals surface area contributed by atoms with Gasteiger partial charge >= 0.3 is 0 Å². The van der Waals surface area contributed by atoms with E-state index in [2.05, 4.69) is 25.9 Å². The Bertz CT molecular complexity index is 481. The number of hydrogen-bond donors (Lipinski definition) is 1. The third kappa shape index (κ3) is 1.94.